The van der Waals surface area contributed by atoms with Crippen LogP contribution in [0.1, 0.15) is 12.5 Å². The first kappa shape index (κ1) is 8.38. The highest BCUT2D eigenvalue weighted by Gasteiger charge is 2.31. The van der Waals surface area contributed by atoms with Gasteiger partial charge in [-0.15, -0.1) is 0 Å². The summed E-state index contributed by atoms with van der Waals surface area (Å²) in [7, 11) is 0. The number of aromatic hydroxyl groups is 1. The molecule has 0 amide bonds. The van der Waals surface area contributed by atoms with Gasteiger partial charge >= 0.3 is 0 Å². The Morgan fingerprint density at radius 2 is 2.31 bits per heavy atom. The van der Waals surface area contributed by atoms with Crippen molar-refractivity contribution in [3.8, 4) is 5.75 Å². The standard InChI is InChI=1S/C10H13NO2/c1-10(6-12)5-7-4-8(13)2-3-9(7)11-10/h2-4,11-13H,5-6H2,1H3. The van der Waals surface area contributed by atoms with E-state index in [1.54, 1.807) is 12.1 Å². The number of anilines is 1. The Morgan fingerprint density at radius 3 is 3.00 bits per heavy atom. The van der Waals surface area contributed by atoms with Gasteiger partial charge in [-0.2, -0.15) is 0 Å². The fourth-order valence-electron chi connectivity index (χ4n) is 1.73. The van der Waals surface area contributed by atoms with Crippen LogP contribution in [0.2, 0.25) is 0 Å². The second kappa shape index (κ2) is 2.64. The SMILES string of the molecule is CC1(CO)Cc2cc(O)ccc2N1. The number of hydrogen-bond acceptors (Lipinski definition) is 3. The van der Waals surface area contributed by atoms with Gasteiger partial charge in [0.1, 0.15) is 5.75 Å². The van der Waals surface area contributed by atoms with Crippen LogP contribution in [0.4, 0.5) is 5.69 Å². The van der Waals surface area contributed by atoms with E-state index in [1.807, 2.05) is 13.0 Å². The molecule has 0 aliphatic carbocycles. The van der Waals surface area contributed by atoms with E-state index in [0.29, 0.717) is 0 Å². The van der Waals surface area contributed by atoms with Crippen LogP contribution in [-0.2, 0) is 6.42 Å². The molecule has 2 rings (SSSR count). The lowest BCUT2D eigenvalue weighted by Gasteiger charge is -2.21. The van der Waals surface area contributed by atoms with Crippen LogP contribution in [0, 0.1) is 0 Å². The second-order valence-corrected chi connectivity index (χ2v) is 3.86. The largest absolute Gasteiger partial charge is 0.508 e. The number of nitrogens with one attached hydrogen (secondary N) is 1. The summed E-state index contributed by atoms with van der Waals surface area (Å²) in [6.07, 6.45) is 0.757. The molecule has 0 fully saturated rings. The summed E-state index contributed by atoms with van der Waals surface area (Å²) in [5, 5.41) is 21.6. The van der Waals surface area contributed by atoms with E-state index in [2.05, 4.69) is 5.32 Å². The van der Waals surface area contributed by atoms with Gasteiger partial charge in [0.2, 0.25) is 0 Å². The first-order chi connectivity index (χ1) is 6.13. The molecule has 0 spiro atoms. The lowest BCUT2D eigenvalue weighted by Crippen LogP contribution is -2.36. The van der Waals surface area contributed by atoms with E-state index in [1.165, 1.54) is 0 Å². The molecule has 3 nitrogen and oxygen atoms in total. The highest BCUT2D eigenvalue weighted by Crippen LogP contribution is 2.33. The maximum Gasteiger partial charge on any atom is 0.116 e. The molecule has 13 heavy (non-hydrogen) atoms. The van der Waals surface area contributed by atoms with Crippen molar-refractivity contribution in [1.29, 1.82) is 0 Å². The molecule has 1 aliphatic heterocycles. The van der Waals surface area contributed by atoms with Crippen molar-refractivity contribution in [2.45, 2.75) is 18.9 Å². The zero-order valence-electron chi connectivity index (χ0n) is 7.54. The molecule has 1 aromatic rings. The zero-order chi connectivity index (χ0) is 9.47. The summed E-state index contributed by atoms with van der Waals surface area (Å²) in [5.74, 6) is 0.280. The van der Waals surface area contributed by atoms with Gasteiger partial charge in [0, 0.05) is 5.69 Å². The van der Waals surface area contributed by atoms with Crippen LogP contribution in [-0.4, -0.2) is 22.4 Å². The normalized spacial score (nSPS) is 25.4. The van der Waals surface area contributed by atoms with Crippen molar-refractivity contribution >= 4 is 5.69 Å². The average Bonchev–Trinajstić information content (AvgIpc) is 2.42. The molecule has 3 heteroatoms. The zero-order valence-corrected chi connectivity index (χ0v) is 7.54. The first-order valence-corrected chi connectivity index (χ1v) is 4.34. The molecular weight excluding hydrogens is 166 g/mol. The summed E-state index contributed by atoms with van der Waals surface area (Å²) in [5.41, 5.74) is 1.81. The van der Waals surface area contributed by atoms with Gasteiger partial charge in [-0.05, 0) is 37.1 Å². The molecular formula is C10H13NO2. The first-order valence-electron chi connectivity index (χ1n) is 4.34. The lowest BCUT2D eigenvalue weighted by molar-refractivity contribution is 0.227. The molecule has 1 aliphatic rings. The summed E-state index contributed by atoms with van der Waals surface area (Å²) in [6.45, 7) is 2.06. The summed E-state index contributed by atoms with van der Waals surface area (Å²) >= 11 is 0. The number of phenols is 1. The fourth-order valence-corrected chi connectivity index (χ4v) is 1.73. The Balaban J connectivity index is 2.35. The van der Waals surface area contributed by atoms with Crippen LogP contribution in [0.5, 0.6) is 5.75 Å². The Hall–Kier alpha value is -1.22. The summed E-state index contributed by atoms with van der Waals surface area (Å²) in [4.78, 5) is 0. The predicted octanol–water partition coefficient (Wildman–Crippen LogP) is 1.11. The van der Waals surface area contributed by atoms with Crippen molar-refractivity contribution in [1.82, 2.24) is 0 Å². The van der Waals surface area contributed by atoms with Crippen LogP contribution < -0.4 is 5.32 Å². The maximum atomic E-state index is 9.25. The van der Waals surface area contributed by atoms with Gasteiger partial charge in [0.25, 0.3) is 0 Å². The summed E-state index contributed by atoms with van der Waals surface area (Å²) < 4.78 is 0. The number of benzene rings is 1. The average molecular weight is 179 g/mol. The Labute approximate surface area is 77.0 Å². The molecule has 0 radical (unpaired) electrons. The second-order valence-electron chi connectivity index (χ2n) is 3.86. The van der Waals surface area contributed by atoms with Crippen LogP contribution in [0.3, 0.4) is 0 Å². The van der Waals surface area contributed by atoms with E-state index >= 15 is 0 Å². The highest BCUT2D eigenvalue weighted by atomic mass is 16.3. The number of fused-ring (bicyclic) bond motifs is 1. The molecule has 1 atom stereocenters. The maximum absolute atomic E-state index is 9.25. The van der Waals surface area contributed by atoms with Gasteiger partial charge in [0.05, 0.1) is 12.1 Å². The third-order valence-corrected chi connectivity index (χ3v) is 2.45. The number of aliphatic hydroxyl groups excluding tert-OH is 1. The number of hydrogen-bond donors (Lipinski definition) is 3. The van der Waals surface area contributed by atoms with Crippen molar-refractivity contribution < 1.29 is 10.2 Å². The smallest absolute Gasteiger partial charge is 0.116 e. The van der Waals surface area contributed by atoms with Gasteiger partial charge in [-0.25, -0.2) is 0 Å². The van der Waals surface area contributed by atoms with Crippen LogP contribution in [0.15, 0.2) is 18.2 Å². The number of phenolic OH excluding ortho intramolecular Hbond substituents is 1. The van der Waals surface area contributed by atoms with Crippen molar-refractivity contribution in [3.63, 3.8) is 0 Å². The number of aliphatic hydroxyl groups is 1. The minimum atomic E-state index is -0.268. The quantitative estimate of drug-likeness (QED) is 0.566. The molecule has 0 saturated heterocycles. The molecule has 1 unspecified atom stereocenters. The van der Waals surface area contributed by atoms with Crippen LogP contribution >= 0.6 is 0 Å². The van der Waals surface area contributed by atoms with E-state index in [0.717, 1.165) is 17.7 Å². The van der Waals surface area contributed by atoms with Crippen LogP contribution in [0.25, 0.3) is 0 Å². The van der Waals surface area contributed by atoms with Crippen molar-refractivity contribution in [2.75, 3.05) is 11.9 Å². The minimum absolute atomic E-state index is 0.0996. The summed E-state index contributed by atoms with van der Waals surface area (Å²) in [6, 6.07) is 5.23. The van der Waals surface area contributed by atoms with Gasteiger partial charge in [0.15, 0.2) is 0 Å². The van der Waals surface area contributed by atoms with Gasteiger partial charge in [-0.3, -0.25) is 0 Å². The topological polar surface area (TPSA) is 52.5 Å². The minimum Gasteiger partial charge on any atom is -0.508 e. The monoisotopic (exact) mass is 179 g/mol. The van der Waals surface area contributed by atoms with Gasteiger partial charge in [-0.1, -0.05) is 0 Å². The fraction of sp³-hybridized carbons (Fsp3) is 0.400. The predicted molar refractivity (Wildman–Crippen MR) is 50.9 cm³/mol. The Morgan fingerprint density at radius 1 is 1.54 bits per heavy atom. The Bertz CT molecular complexity index is 338. The van der Waals surface area contributed by atoms with E-state index in [-0.39, 0.29) is 17.9 Å². The highest BCUT2D eigenvalue weighted by molar-refractivity contribution is 5.60. The third kappa shape index (κ3) is 1.35. The molecule has 0 aromatic heterocycles. The molecule has 0 saturated carbocycles. The van der Waals surface area contributed by atoms with Crippen molar-refractivity contribution in [2.24, 2.45) is 0 Å². The third-order valence-electron chi connectivity index (χ3n) is 2.45. The van der Waals surface area contributed by atoms with E-state index in [9.17, 15) is 5.11 Å². The van der Waals surface area contributed by atoms with E-state index < -0.39 is 0 Å². The molecule has 3 N–H and O–H groups in total. The Kier molecular flexibility index (Phi) is 1.70. The molecule has 0 bridgehead atoms. The lowest BCUT2D eigenvalue weighted by atomic mass is 9.99. The molecule has 1 aromatic carbocycles. The molecule has 70 valence electrons. The van der Waals surface area contributed by atoms with E-state index in [4.69, 9.17) is 5.11 Å². The van der Waals surface area contributed by atoms with Crippen molar-refractivity contribution in [3.05, 3.63) is 23.8 Å². The van der Waals surface area contributed by atoms with Gasteiger partial charge < -0.3 is 15.5 Å². The number of rotatable bonds is 1. The molecule has 1 heterocycles.